The van der Waals surface area contributed by atoms with Crippen LogP contribution >= 0.6 is 92.4 Å². The molecular weight excluding hydrogens is 609 g/mol. The van der Waals surface area contributed by atoms with Gasteiger partial charge < -0.3 is 10.2 Å². The van der Waals surface area contributed by atoms with E-state index in [0.29, 0.717) is 19.6 Å². The number of hydrogen-bond donors (Lipinski definition) is 2. The van der Waals surface area contributed by atoms with Crippen LogP contribution in [-0.4, -0.2) is 22.2 Å². The van der Waals surface area contributed by atoms with Crippen molar-refractivity contribution in [1.29, 1.82) is 0 Å². The normalized spacial score (nSPS) is 11.1. The molecule has 0 spiro atoms. The third-order valence-electron chi connectivity index (χ3n) is 4.54. The van der Waals surface area contributed by atoms with E-state index in [4.69, 9.17) is 0 Å². The molecule has 4 nitrogen and oxygen atoms in total. The average molecular weight is 623 g/mol. The van der Waals surface area contributed by atoms with Gasteiger partial charge in [0.25, 0.3) is 0 Å². The fraction of sp³-hybridized carbons (Fsp3) is 0. The van der Waals surface area contributed by atoms with E-state index >= 15 is 0 Å². The first-order chi connectivity index (χ1) is 17.5. The van der Waals surface area contributed by atoms with Gasteiger partial charge in [0.05, 0.1) is 28.0 Å². The zero-order chi connectivity index (χ0) is 25.1. The number of carboxylic acid groups (broad SMARTS) is 2. The molecule has 36 heavy (non-hydrogen) atoms. The van der Waals surface area contributed by atoms with Gasteiger partial charge in [-0.05, 0) is 45.8 Å². The lowest BCUT2D eigenvalue weighted by Gasteiger charge is -2.21. The van der Waals surface area contributed by atoms with Gasteiger partial charge in [-0.2, -0.15) is 0 Å². The molecular formula is C24H14O4S8. The molecule has 0 aliphatic rings. The molecule has 4 aromatic heterocycles. The summed E-state index contributed by atoms with van der Waals surface area (Å²) in [6.07, 6.45) is 0. The molecule has 5 aromatic rings. The number of carboxylic acids is 2. The second kappa shape index (κ2) is 11.8. The Balaban J connectivity index is 1.84. The van der Waals surface area contributed by atoms with Crippen LogP contribution in [0.5, 0.6) is 0 Å². The zero-order valence-electron chi connectivity index (χ0n) is 17.9. The van der Waals surface area contributed by atoms with Gasteiger partial charge >= 0.3 is 11.9 Å². The molecule has 0 saturated heterocycles. The molecule has 0 aliphatic heterocycles. The molecule has 182 valence electrons. The first-order valence-corrected chi connectivity index (χ1v) is 16.9. The van der Waals surface area contributed by atoms with Gasteiger partial charge in [-0.15, -0.1) is 45.3 Å². The lowest BCUT2D eigenvalue weighted by molar-refractivity contribution is 0.0666. The molecule has 0 radical (unpaired) electrons. The average Bonchev–Trinajstić information content (AvgIpc) is 3.65. The minimum Gasteiger partial charge on any atom is -0.478 e. The van der Waals surface area contributed by atoms with Gasteiger partial charge in [-0.3, -0.25) is 0 Å². The van der Waals surface area contributed by atoms with E-state index in [1.54, 1.807) is 0 Å². The van der Waals surface area contributed by atoms with E-state index in [1.165, 1.54) is 92.4 Å². The standard InChI is InChI=1S/C24H14O4S8/c25-23(26)17-19(33-13-5-1-9-29-13)20(34-14-6-2-10-30-14)18(24(27)28)22(36-16-8-4-12-32-16)21(17)35-15-7-3-11-31-15/h1-12H,(H,25,26)(H,27,28). The van der Waals surface area contributed by atoms with Crippen LogP contribution in [0.3, 0.4) is 0 Å². The van der Waals surface area contributed by atoms with Crippen molar-refractivity contribution >= 4 is 104 Å². The van der Waals surface area contributed by atoms with E-state index < -0.39 is 11.9 Å². The number of aromatic carboxylic acids is 2. The van der Waals surface area contributed by atoms with Gasteiger partial charge in [0.2, 0.25) is 0 Å². The summed E-state index contributed by atoms with van der Waals surface area (Å²) < 4.78 is 3.58. The molecule has 0 atom stereocenters. The Morgan fingerprint density at radius 3 is 0.917 bits per heavy atom. The Morgan fingerprint density at radius 1 is 0.500 bits per heavy atom. The lowest BCUT2D eigenvalue weighted by Crippen LogP contribution is -2.11. The summed E-state index contributed by atoms with van der Waals surface area (Å²) in [5.41, 5.74) is 0.268. The number of thiophene rings is 4. The van der Waals surface area contributed by atoms with Crippen LogP contribution in [0.4, 0.5) is 0 Å². The van der Waals surface area contributed by atoms with Gasteiger partial charge in [0.15, 0.2) is 0 Å². The number of hydrogen-bond acceptors (Lipinski definition) is 10. The third kappa shape index (κ3) is 5.76. The second-order valence-electron chi connectivity index (χ2n) is 6.81. The Morgan fingerprint density at radius 2 is 0.750 bits per heavy atom. The van der Waals surface area contributed by atoms with Gasteiger partial charge in [0.1, 0.15) is 0 Å². The van der Waals surface area contributed by atoms with E-state index in [1.807, 2.05) is 70.1 Å². The maximum atomic E-state index is 12.9. The highest BCUT2D eigenvalue weighted by molar-refractivity contribution is 8.05. The topological polar surface area (TPSA) is 74.6 Å². The van der Waals surface area contributed by atoms with Crippen LogP contribution in [0.25, 0.3) is 0 Å². The number of benzene rings is 1. The predicted molar refractivity (Wildman–Crippen MR) is 154 cm³/mol. The SMILES string of the molecule is O=C(O)c1c(Sc2cccs2)c(Sc2cccs2)c(C(=O)O)c(Sc2cccs2)c1Sc1cccs1. The molecule has 0 aliphatic carbocycles. The molecule has 0 saturated carbocycles. The summed E-state index contributed by atoms with van der Waals surface area (Å²) in [7, 11) is 0. The molecule has 0 fully saturated rings. The van der Waals surface area contributed by atoms with Crippen molar-refractivity contribution in [2.75, 3.05) is 0 Å². The smallest absolute Gasteiger partial charge is 0.338 e. The molecule has 1 aromatic carbocycles. The van der Waals surface area contributed by atoms with Crippen LogP contribution in [0.1, 0.15) is 20.7 Å². The highest BCUT2D eigenvalue weighted by atomic mass is 32.2. The summed E-state index contributed by atoms with van der Waals surface area (Å²) >= 11 is 11.2. The number of rotatable bonds is 10. The van der Waals surface area contributed by atoms with Crippen LogP contribution in [0.2, 0.25) is 0 Å². The molecule has 5 rings (SSSR count). The maximum absolute atomic E-state index is 12.9. The van der Waals surface area contributed by atoms with Gasteiger partial charge in [-0.25, -0.2) is 9.59 Å². The van der Waals surface area contributed by atoms with Crippen molar-refractivity contribution in [2.45, 2.75) is 36.4 Å². The zero-order valence-corrected chi connectivity index (χ0v) is 24.4. The van der Waals surface area contributed by atoms with Crippen molar-refractivity contribution in [3.63, 3.8) is 0 Å². The highest BCUT2D eigenvalue weighted by Crippen LogP contribution is 2.54. The van der Waals surface area contributed by atoms with E-state index in [2.05, 4.69) is 0 Å². The summed E-state index contributed by atoms with van der Waals surface area (Å²) in [6, 6.07) is 15.3. The van der Waals surface area contributed by atoms with Gasteiger partial charge in [0, 0.05) is 19.6 Å². The van der Waals surface area contributed by atoms with Gasteiger partial charge in [-0.1, -0.05) is 71.3 Å². The fourth-order valence-corrected chi connectivity index (χ4v) is 11.3. The minimum absolute atomic E-state index is 0.134. The van der Waals surface area contributed by atoms with Crippen molar-refractivity contribution in [1.82, 2.24) is 0 Å². The van der Waals surface area contributed by atoms with Crippen LogP contribution in [0, 0.1) is 0 Å². The molecule has 0 unspecified atom stereocenters. The monoisotopic (exact) mass is 622 g/mol. The maximum Gasteiger partial charge on any atom is 0.338 e. The van der Waals surface area contributed by atoms with E-state index in [9.17, 15) is 19.8 Å². The van der Waals surface area contributed by atoms with E-state index in [-0.39, 0.29) is 11.1 Å². The molecule has 2 N–H and O–H groups in total. The Bertz CT molecular complexity index is 1260. The second-order valence-corrected chi connectivity index (χ2v) is 15.8. The fourth-order valence-electron chi connectivity index (χ4n) is 3.13. The Hall–Kier alpha value is -1.64. The Kier molecular flexibility index (Phi) is 8.53. The van der Waals surface area contributed by atoms with Crippen molar-refractivity contribution < 1.29 is 19.8 Å². The molecule has 12 heteroatoms. The molecule has 4 heterocycles. The van der Waals surface area contributed by atoms with Crippen LogP contribution < -0.4 is 0 Å². The van der Waals surface area contributed by atoms with Crippen LogP contribution in [-0.2, 0) is 0 Å². The van der Waals surface area contributed by atoms with Crippen molar-refractivity contribution in [2.24, 2.45) is 0 Å². The predicted octanol–water partition coefficient (Wildman–Crippen LogP) is 9.93. The third-order valence-corrected chi connectivity index (χ3v) is 13.4. The molecule has 0 amide bonds. The quantitative estimate of drug-likeness (QED) is 0.159. The first-order valence-electron chi connectivity index (χ1n) is 10.1. The summed E-state index contributed by atoms with van der Waals surface area (Å²) in [5, 5.41) is 28.8. The Labute approximate surface area is 239 Å². The van der Waals surface area contributed by atoms with Crippen molar-refractivity contribution in [3.05, 3.63) is 81.2 Å². The largest absolute Gasteiger partial charge is 0.478 e. The molecule has 0 bridgehead atoms. The van der Waals surface area contributed by atoms with E-state index in [0.717, 1.165) is 16.8 Å². The minimum atomic E-state index is -1.08. The first kappa shape index (κ1) is 26.0. The summed E-state index contributed by atoms with van der Waals surface area (Å²) in [6.45, 7) is 0. The summed E-state index contributed by atoms with van der Waals surface area (Å²) in [5.74, 6) is -2.16. The number of carbonyl (C=O) groups is 2. The lowest BCUT2D eigenvalue weighted by atomic mass is 10.1. The van der Waals surface area contributed by atoms with Crippen molar-refractivity contribution in [3.8, 4) is 0 Å². The highest BCUT2D eigenvalue weighted by Gasteiger charge is 2.33. The summed E-state index contributed by atoms with van der Waals surface area (Å²) in [4.78, 5) is 27.6. The van der Waals surface area contributed by atoms with Crippen LogP contribution in [0.15, 0.2) is 106 Å².